The number of carbonyl (C=O) groups excluding carboxylic acids is 1. The summed E-state index contributed by atoms with van der Waals surface area (Å²) >= 11 is 0. The van der Waals surface area contributed by atoms with Gasteiger partial charge in [-0.3, -0.25) is 9.78 Å². The van der Waals surface area contributed by atoms with Gasteiger partial charge in [-0.1, -0.05) is 18.2 Å². The lowest BCUT2D eigenvalue weighted by molar-refractivity contribution is -0.169. The van der Waals surface area contributed by atoms with Crippen LogP contribution in [0.2, 0.25) is 0 Å². The van der Waals surface area contributed by atoms with Crippen molar-refractivity contribution in [1.82, 2.24) is 9.97 Å². The van der Waals surface area contributed by atoms with Gasteiger partial charge in [0, 0.05) is 37.5 Å². The number of para-hydroxylation sites is 1. The summed E-state index contributed by atoms with van der Waals surface area (Å²) in [5, 5.41) is 3.90. The van der Waals surface area contributed by atoms with Gasteiger partial charge in [0.25, 0.3) is 5.91 Å². The molecule has 1 amide bonds. The second kappa shape index (κ2) is 7.42. The van der Waals surface area contributed by atoms with Crippen molar-refractivity contribution >= 4 is 28.2 Å². The van der Waals surface area contributed by atoms with E-state index < -0.39 is 5.79 Å². The number of hydrogen-bond acceptors (Lipinski definition) is 6. The van der Waals surface area contributed by atoms with E-state index in [1.54, 1.807) is 18.5 Å². The molecule has 1 N–H and O–H groups in total. The fraction of sp³-hybridized carbons (Fsp3) is 0.318. The lowest BCUT2D eigenvalue weighted by Crippen LogP contribution is -2.45. The van der Waals surface area contributed by atoms with E-state index in [-0.39, 0.29) is 5.91 Å². The molecule has 0 saturated carbocycles. The van der Waals surface area contributed by atoms with Gasteiger partial charge in [0.05, 0.1) is 36.3 Å². The van der Waals surface area contributed by atoms with E-state index in [4.69, 9.17) is 9.47 Å². The van der Waals surface area contributed by atoms with Crippen molar-refractivity contribution in [2.75, 3.05) is 36.5 Å². The number of benzene rings is 1. The van der Waals surface area contributed by atoms with Crippen LogP contribution >= 0.6 is 0 Å². The second-order valence-electron chi connectivity index (χ2n) is 7.33. The van der Waals surface area contributed by atoms with Crippen molar-refractivity contribution in [3.05, 3.63) is 60.6 Å². The Morgan fingerprint density at radius 2 is 1.79 bits per heavy atom. The van der Waals surface area contributed by atoms with Crippen LogP contribution in [-0.2, 0) is 9.47 Å². The average molecular weight is 390 g/mol. The quantitative estimate of drug-likeness (QED) is 0.740. The molecule has 2 aliphatic rings. The number of piperidine rings is 1. The number of pyridine rings is 2. The minimum Gasteiger partial charge on any atom is -0.370 e. The zero-order chi connectivity index (χ0) is 19.7. The van der Waals surface area contributed by atoms with Crippen LogP contribution < -0.4 is 10.2 Å². The Morgan fingerprint density at radius 3 is 2.55 bits per heavy atom. The molecule has 2 saturated heterocycles. The molecule has 148 valence electrons. The van der Waals surface area contributed by atoms with Crippen LogP contribution in [-0.4, -0.2) is 48.0 Å². The number of hydrogen-bond donors (Lipinski definition) is 1. The molecule has 2 fully saturated rings. The first-order chi connectivity index (χ1) is 14.2. The maximum atomic E-state index is 12.7. The Hall–Kier alpha value is -3.03. The molecular formula is C22H22N4O3. The van der Waals surface area contributed by atoms with Gasteiger partial charge >= 0.3 is 0 Å². The third kappa shape index (κ3) is 3.54. The standard InChI is InChI=1S/C22H22N4O3/c27-21(25-18-5-1-3-16-4-2-10-23-20(16)18)19-7-6-17(15-24-19)26-11-8-22(9-12-26)28-13-14-29-22/h1-7,10,15H,8-9,11-14H2,(H,25,27). The van der Waals surface area contributed by atoms with Crippen LogP contribution in [0, 0.1) is 0 Å². The molecule has 7 nitrogen and oxygen atoms in total. The number of anilines is 2. The van der Waals surface area contributed by atoms with Gasteiger partial charge in [-0.25, -0.2) is 4.98 Å². The monoisotopic (exact) mass is 390 g/mol. The Kier molecular flexibility index (Phi) is 4.61. The lowest BCUT2D eigenvalue weighted by atomic mass is 10.0. The molecule has 4 heterocycles. The summed E-state index contributed by atoms with van der Waals surface area (Å²) in [7, 11) is 0. The first-order valence-electron chi connectivity index (χ1n) is 9.87. The van der Waals surface area contributed by atoms with Crippen LogP contribution in [0.5, 0.6) is 0 Å². The molecule has 0 unspecified atom stereocenters. The predicted molar refractivity (Wildman–Crippen MR) is 110 cm³/mol. The molecule has 29 heavy (non-hydrogen) atoms. The summed E-state index contributed by atoms with van der Waals surface area (Å²) in [6.45, 7) is 3.04. The number of ether oxygens (including phenoxy) is 2. The molecular weight excluding hydrogens is 368 g/mol. The van der Waals surface area contributed by atoms with Crippen LogP contribution in [0.4, 0.5) is 11.4 Å². The van der Waals surface area contributed by atoms with E-state index in [2.05, 4.69) is 20.2 Å². The van der Waals surface area contributed by atoms with E-state index >= 15 is 0 Å². The molecule has 1 spiro atoms. The molecule has 3 aromatic rings. The van der Waals surface area contributed by atoms with E-state index in [0.717, 1.165) is 42.5 Å². The maximum Gasteiger partial charge on any atom is 0.274 e. The number of aromatic nitrogens is 2. The molecule has 0 radical (unpaired) electrons. The van der Waals surface area contributed by atoms with Crippen molar-refractivity contribution in [1.29, 1.82) is 0 Å². The molecule has 5 rings (SSSR count). The van der Waals surface area contributed by atoms with Gasteiger partial charge in [0.15, 0.2) is 5.79 Å². The van der Waals surface area contributed by atoms with Gasteiger partial charge in [-0.2, -0.15) is 0 Å². The molecule has 0 bridgehead atoms. The Morgan fingerprint density at radius 1 is 1.00 bits per heavy atom. The molecule has 0 atom stereocenters. The van der Waals surface area contributed by atoms with E-state index in [1.165, 1.54) is 0 Å². The van der Waals surface area contributed by atoms with E-state index in [1.807, 2.05) is 36.4 Å². The number of nitrogens with one attached hydrogen (secondary N) is 1. The zero-order valence-electron chi connectivity index (χ0n) is 16.0. The SMILES string of the molecule is O=C(Nc1cccc2cccnc12)c1ccc(N2CCC3(CC2)OCCO3)cn1. The number of carbonyl (C=O) groups is 1. The summed E-state index contributed by atoms with van der Waals surface area (Å²) in [6, 6.07) is 13.3. The van der Waals surface area contributed by atoms with E-state index in [0.29, 0.717) is 24.6 Å². The predicted octanol–water partition coefficient (Wildman–Crippen LogP) is 3.23. The minimum absolute atomic E-state index is 0.250. The number of amides is 1. The third-order valence-electron chi connectivity index (χ3n) is 5.57. The fourth-order valence-corrected chi connectivity index (χ4v) is 3.99. The molecule has 0 aliphatic carbocycles. The Balaban J connectivity index is 1.27. The van der Waals surface area contributed by atoms with Crippen molar-refractivity contribution in [2.24, 2.45) is 0 Å². The summed E-state index contributed by atoms with van der Waals surface area (Å²) in [6.07, 6.45) is 5.15. The van der Waals surface area contributed by atoms with Gasteiger partial charge < -0.3 is 19.7 Å². The van der Waals surface area contributed by atoms with E-state index in [9.17, 15) is 4.79 Å². The van der Waals surface area contributed by atoms with Gasteiger partial charge in [-0.15, -0.1) is 0 Å². The highest BCUT2D eigenvalue weighted by molar-refractivity contribution is 6.07. The van der Waals surface area contributed by atoms with Crippen LogP contribution in [0.25, 0.3) is 10.9 Å². The normalized spacial score (nSPS) is 18.3. The van der Waals surface area contributed by atoms with Crippen molar-refractivity contribution in [3.63, 3.8) is 0 Å². The van der Waals surface area contributed by atoms with Gasteiger partial charge in [-0.05, 0) is 24.3 Å². The molecule has 2 aromatic heterocycles. The first kappa shape index (κ1) is 18.0. The highest BCUT2D eigenvalue weighted by Gasteiger charge is 2.39. The Labute approximate surface area is 168 Å². The first-order valence-corrected chi connectivity index (χ1v) is 9.87. The smallest absolute Gasteiger partial charge is 0.274 e. The zero-order valence-corrected chi connectivity index (χ0v) is 16.0. The largest absolute Gasteiger partial charge is 0.370 e. The van der Waals surface area contributed by atoms with Crippen molar-refractivity contribution in [3.8, 4) is 0 Å². The molecule has 2 aliphatic heterocycles. The van der Waals surface area contributed by atoms with Gasteiger partial charge in [0.2, 0.25) is 0 Å². The van der Waals surface area contributed by atoms with Crippen LogP contribution in [0.3, 0.4) is 0 Å². The lowest BCUT2D eigenvalue weighted by Gasteiger charge is -2.38. The van der Waals surface area contributed by atoms with Crippen LogP contribution in [0.15, 0.2) is 54.9 Å². The second-order valence-corrected chi connectivity index (χ2v) is 7.33. The van der Waals surface area contributed by atoms with Crippen molar-refractivity contribution < 1.29 is 14.3 Å². The summed E-state index contributed by atoms with van der Waals surface area (Å²) in [5.74, 6) is -0.643. The highest BCUT2D eigenvalue weighted by Crippen LogP contribution is 2.33. The van der Waals surface area contributed by atoms with Crippen molar-refractivity contribution in [2.45, 2.75) is 18.6 Å². The maximum absolute atomic E-state index is 12.7. The summed E-state index contributed by atoms with van der Waals surface area (Å²) < 4.78 is 11.6. The Bertz CT molecular complexity index is 1020. The minimum atomic E-state index is -0.393. The number of nitrogens with zero attached hydrogens (tertiary/aromatic N) is 3. The number of fused-ring (bicyclic) bond motifs is 1. The summed E-state index contributed by atoms with van der Waals surface area (Å²) in [5.41, 5.74) is 2.81. The average Bonchev–Trinajstić information content (AvgIpc) is 3.22. The topological polar surface area (TPSA) is 76.6 Å². The van der Waals surface area contributed by atoms with Gasteiger partial charge in [0.1, 0.15) is 5.69 Å². The highest BCUT2D eigenvalue weighted by atomic mass is 16.7. The molecule has 1 aromatic carbocycles. The molecule has 7 heteroatoms. The number of rotatable bonds is 3. The third-order valence-corrected chi connectivity index (χ3v) is 5.57. The summed E-state index contributed by atoms with van der Waals surface area (Å²) in [4.78, 5) is 23.7. The fourth-order valence-electron chi connectivity index (χ4n) is 3.99. The van der Waals surface area contributed by atoms with Crippen LogP contribution in [0.1, 0.15) is 23.3 Å².